The summed E-state index contributed by atoms with van der Waals surface area (Å²) in [5.41, 5.74) is 2.64. The molecule has 1 N–H and O–H groups in total. The van der Waals surface area contributed by atoms with Gasteiger partial charge >= 0.3 is 0 Å². The number of aryl methyl sites for hydroxylation is 1. The SMILES string of the molecule is CC1=N/C(=C/c2cccc(C)c2)C(=O)N1. The van der Waals surface area contributed by atoms with E-state index in [1.165, 1.54) is 5.56 Å². The highest BCUT2D eigenvalue weighted by Crippen LogP contribution is 2.12. The van der Waals surface area contributed by atoms with E-state index < -0.39 is 0 Å². The first-order chi connectivity index (χ1) is 7.15. The van der Waals surface area contributed by atoms with E-state index >= 15 is 0 Å². The second-order valence-electron chi connectivity index (χ2n) is 3.60. The van der Waals surface area contributed by atoms with Crippen LogP contribution in [0.3, 0.4) is 0 Å². The molecule has 0 spiro atoms. The highest BCUT2D eigenvalue weighted by molar-refractivity contribution is 6.13. The summed E-state index contributed by atoms with van der Waals surface area (Å²) >= 11 is 0. The first-order valence-corrected chi connectivity index (χ1v) is 4.80. The van der Waals surface area contributed by atoms with Crippen LogP contribution in [-0.4, -0.2) is 11.7 Å². The van der Waals surface area contributed by atoms with Crippen molar-refractivity contribution in [3.05, 3.63) is 41.1 Å². The van der Waals surface area contributed by atoms with Crippen LogP contribution in [0, 0.1) is 6.92 Å². The molecule has 0 saturated heterocycles. The molecule has 1 aromatic rings. The number of hydrogen-bond acceptors (Lipinski definition) is 2. The largest absolute Gasteiger partial charge is 0.309 e. The number of benzene rings is 1. The Morgan fingerprint density at radius 2 is 2.13 bits per heavy atom. The van der Waals surface area contributed by atoms with Crippen molar-refractivity contribution in [2.75, 3.05) is 0 Å². The predicted molar refractivity (Wildman–Crippen MR) is 60.4 cm³/mol. The van der Waals surface area contributed by atoms with Crippen LogP contribution >= 0.6 is 0 Å². The molecule has 0 aliphatic carbocycles. The van der Waals surface area contributed by atoms with Gasteiger partial charge in [-0.3, -0.25) is 4.79 Å². The lowest BCUT2D eigenvalue weighted by molar-refractivity contribution is -0.115. The Labute approximate surface area is 88.5 Å². The van der Waals surface area contributed by atoms with Crippen LogP contribution in [0.2, 0.25) is 0 Å². The molecule has 3 nitrogen and oxygen atoms in total. The number of aliphatic imine (C=N–C) groups is 1. The Bertz CT molecular complexity index is 472. The number of amidine groups is 1. The average molecular weight is 200 g/mol. The van der Waals surface area contributed by atoms with Gasteiger partial charge in [-0.1, -0.05) is 29.8 Å². The van der Waals surface area contributed by atoms with Crippen LogP contribution in [-0.2, 0) is 4.79 Å². The standard InChI is InChI=1S/C12H12N2O/c1-8-4-3-5-10(6-8)7-11-12(15)14-9(2)13-11/h3-7H,1-2H3,(H,13,14,15)/b11-7+. The lowest BCUT2D eigenvalue weighted by Crippen LogP contribution is -2.21. The number of rotatable bonds is 1. The van der Waals surface area contributed by atoms with Crippen molar-refractivity contribution in [2.45, 2.75) is 13.8 Å². The van der Waals surface area contributed by atoms with E-state index in [9.17, 15) is 4.79 Å². The summed E-state index contributed by atoms with van der Waals surface area (Å²) in [6.07, 6.45) is 1.79. The number of hydrogen-bond donors (Lipinski definition) is 1. The van der Waals surface area contributed by atoms with Gasteiger partial charge in [-0.15, -0.1) is 0 Å². The summed E-state index contributed by atoms with van der Waals surface area (Å²) in [7, 11) is 0. The number of carbonyl (C=O) groups is 1. The molecule has 0 aromatic heterocycles. The Balaban J connectivity index is 2.35. The van der Waals surface area contributed by atoms with Crippen LogP contribution in [0.5, 0.6) is 0 Å². The van der Waals surface area contributed by atoms with Crippen LogP contribution in [0.4, 0.5) is 0 Å². The van der Waals surface area contributed by atoms with Crippen molar-refractivity contribution in [1.82, 2.24) is 5.32 Å². The van der Waals surface area contributed by atoms with Crippen LogP contribution < -0.4 is 5.32 Å². The summed E-state index contributed by atoms with van der Waals surface area (Å²) in [4.78, 5) is 15.5. The number of nitrogens with one attached hydrogen (secondary N) is 1. The molecule has 1 heterocycles. The van der Waals surface area contributed by atoms with Gasteiger partial charge in [0.25, 0.3) is 5.91 Å². The van der Waals surface area contributed by atoms with Gasteiger partial charge in [-0.05, 0) is 25.5 Å². The molecule has 3 heteroatoms. The minimum Gasteiger partial charge on any atom is -0.309 e. The van der Waals surface area contributed by atoms with Gasteiger partial charge in [-0.25, -0.2) is 4.99 Å². The van der Waals surface area contributed by atoms with Crippen molar-refractivity contribution in [3.8, 4) is 0 Å². The summed E-state index contributed by atoms with van der Waals surface area (Å²) in [5, 5.41) is 2.64. The minimum atomic E-state index is -0.131. The molecule has 1 amide bonds. The molecule has 15 heavy (non-hydrogen) atoms. The molecule has 0 atom stereocenters. The maximum atomic E-state index is 11.4. The van der Waals surface area contributed by atoms with Crippen LogP contribution in [0.25, 0.3) is 6.08 Å². The van der Waals surface area contributed by atoms with Crippen LogP contribution in [0.1, 0.15) is 18.1 Å². The molecule has 1 aliphatic rings. The highest BCUT2D eigenvalue weighted by Gasteiger charge is 2.16. The fourth-order valence-corrected chi connectivity index (χ4v) is 1.50. The van der Waals surface area contributed by atoms with Crippen molar-refractivity contribution in [1.29, 1.82) is 0 Å². The van der Waals surface area contributed by atoms with E-state index in [4.69, 9.17) is 0 Å². The highest BCUT2D eigenvalue weighted by atomic mass is 16.2. The number of amides is 1. The first-order valence-electron chi connectivity index (χ1n) is 4.80. The molecule has 2 rings (SSSR count). The molecule has 0 saturated carbocycles. The maximum absolute atomic E-state index is 11.4. The Morgan fingerprint density at radius 1 is 1.33 bits per heavy atom. The molecule has 0 bridgehead atoms. The topological polar surface area (TPSA) is 41.5 Å². The van der Waals surface area contributed by atoms with Crippen LogP contribution in [0.15, 0.2) is 35.0 Å². The van der Waals surface area contributed by atoms with Gasteiger partial charge in [0.15, 0.2) is 0 Å². The lowest BCUT2D eigenvalue weighted by atomic mass is 10.1. The Kier molecular flexibility index (Phi) is 2.37. The predicted octanol–water partition coefficient (Wildman–Crippen LogP) is 1.88. The summed E-state index contributed by atoms with van der Waals surface area (Å²) < 4.78 is 0. The van der Waals surface area contributed by atoms with Crippen molar-refractivity contribution in [3.63, 3.8) is 0 Å². The molecule has 1 aromatic carbocycles. The molecule has 0 fully saturated rings. The second kappa shape index (κ2) is 3.69. The molecule has 1 aliphatic heterocycles. The van der Waals surface area contributed by atoms with E-state index in [1.54, 1.807) is 13.0 Å². The monoisotopic (exact) mass is 200 g/mol. The van der Waals surface area contributed by atoms with E-state index in [1.807, 2.05) is 31.2 Å². The first kappa shape index (κ1) is 9.65. The molecular weight excluding hydrogens is 188 g/mol. The summed E-state index contributed by atoms with van der Waals surface area (Å²) in [6.45, 7) is 3.79. The second-order valence-corrected chi connectivity index (χ2v) is 3.60. The zero-order valence-corrected chi connectivity index (χ0v) is 8.74. The van der Waals surface area contributed by atoms with E-state index in [-0.39, 0.29) is 5.91 Å². The van der Waals surface area contributed by atoms with Gasteiger partial charge in [-0.2, -0.15) is 0 Å². The summed E-state index contributed by atoms with van der Waals surface area (Å²) in [6, 6.07) is 7.95. The average Bonchev–Trinajstić information content (AvgIpc) is 2.45. The van der Waals surface area contributed by atoms with Crippen molar-refractivity contribution >= 4 is 17.8 Å². The summed E-state index contributed by atoms with van der Waals surface area (Å²) in [5.74, 6) is 0.521. The quantitative estimate of drug-likeness (QED) is 0.691. The van der Waals surface area contributed by atoms with E-state index in [0.717, 1.165) is 5.56 Å². The van der Waals surface area contributed by atoms with Crippen molar-refractivity contribution in [2.24, 2.45) is 4.99 Å². The third kappa shape index (κ3) is 2.13. The fraction of sp³-hybridized carbons (Fsp3) is 0.167. The van der Waals surface area contributed by atoms with Gasteiger partial charge in [0.1, 0.15) is 11.5 Å². The molecule has 0 unspecified atom stereocenters. The Hall–Kier alpha value is -1.90. The van der Waals surface area contributed by atoms with Crippen molar-refractivity contribution < 1.29 is 4.79 Å². The van der Waals surface area contributed by atoms with E-state index in [2.05, 4.69) is 10.3 Å². The van der Waals surface area contributed by atoms with Gasteiger partial charge in [0.2, 0.25) is 0 Å². The normalized spacial score (nSPS) is 17.9. The maximum Gasteiger partial charge on any atom is 0.275 e. The van der Waals surface area contributed by atoms with Gasteiger partial charge in [0, 0.05) is 0 Å². The minimum absolute atomic E-state index is 0.131. The zero-order chi connectivity index (χ0) is 10.8. The molecular formula is C12H12N2O. The lowest BCUT2D eigenvalue weighted by Gasteiger charge is -1.96. The van der Waals surface area contributed by atoms with E-state index in [0.29, 0.717) is 11.5 Å². The Morgan fingerprint density at radius 3 is 2.73 bits per heavy atom. The molecule has 76 valence electrons. The zero-order valence-electron chi connectivity index (χ0n) is 8.74. The smallest absolute Gasteiger partial charge is 0.275 e. The molecule has 0 radical (unpaired) electrons. The fourth-order valence-electron chi connectivity index (χ4n) is 1.50. The van der Waals surface area contributed by atoms with Gasteiger partial charge in [0.05, 0.1) is 0 Å². The third-order valence-electron chi connectivity index (χ3n) is 2.16. The third-order valence-corrected chi connectivity index (χ3v) is 2.16. The van der Waals surface area contributed by atoms with Gasteiger partial charge < -0.3 is 5.32 Å². The number of carbonyl (C=O) groups excluding carboxylic acids is 1. The number of nitrogens with zero attached hydrogens (tertiary/aromatic N) is 1.